The number of halogens is 1. The molecule has 1 aromatic heterocycles. The lowest BCUT2D eigenvalue weighted by atomic mass is 9.91. The molecule has 15 heavy (non-hydrogen) atoms. The predicted molar refractivity (Wildman–Crippen MR) is 62.6 cm³/mol. The maximum absolute atomic E-state index is 6.20. The molecule has 2 saturated carbocycles. The molecule has 3 rings (SSSR count). The molecule has 2 N–H and O–H groups in total. The van der Waals surface area contributed by atoms with Crippen LogP contribution >= 0.6 is 15.9 Å². The minimum atomic E-state index is 0.131. The van der Waals surface area contributed by atoms with Gasteiger partial charge in [0, 0.05) is 11.5 Å². The molecule has 2 fully saturated rings. The van der Waals surface area contributed by atoms with Gasteiger partial charge in [0.2, 0.25) is 0 Å². The van der Waals surface area contributed by atoms with Crippen LogP contribution in [0.4, 0.5) is 0 Å². The molecule has 0 aromatic carbocycles. The van der Waals surface area contributed by atoms with Crippen molar-refractivity contribution >= 4 is 15.9 Å². The highest BCUT2D eigenvalue weighted by atomic mass is 79.9. The second-order valence-electron chi connectivity index (χ2n) is 5.15. The molecule has 0 aliphatic heterocycles. The van der Waals surface area contributed by atoms with Crippen LogP contribution in [0.2, 0.25) is 0 Å². The van der Waals surface area contributed by atoms with E-state index < -0.39 is 0 Å². The molecular formula is C12H16BrNO. The fourth-order valence-electron chi connectivity index (χ4n) is 2.33. The molecule has 3 heteroatoms. The third kappa shape index (κ3) is 2.13. The number of furan rings is 1. The second-order valence-corrected chi connectivity index (χ2v) is 5.93. The largest absolute Gasteiger partial charge is 0.454 e. The van der Waals surface area contributed by atoms with Gasteiger partial charge in [0.1, 0.15) is 5.76 Å². The molecule has 1 aromatic rings. The first kappa shape index (κ1) is 9.91. The molecular weight excluding hydrogens is 254 g/mol. The number of hydrogen-bond donors (Lipinski definition) is 1. The van der Waals surface area contributed by atoms with Crippen LogP contribution in [0.3, 0.4) is 0 Å². The van der Waals surface area contributed by atoms with Crippen molar-refractivity contribution in [3.05, 3.63) is 22.6 Å². The Balaban J connectivity index is 1.78. The standard InChI is InChI=1S/C12H16BrNO/c13-11-4-3-10(15-11)9(8-1-2-8)7-12(14)5-6-12/h3-4,8-9H,1-2,5-7,14H2. The lowest BCUT2D eigenvalue weighted by Crippen LogP contribution is -2.25. The molecule has 0 amide bonds. The lowest BCUT2D eigenvalue weighted by Gasteiger charge is -2.17. The smallest absolute Gasteiger partial charge is 0.169 e. The van der Waals surface area contributed by atoms with E-state index in [-0.39, 0.29) is 5.54 Å². The maximum atomic E-state index is 6.20. The highest BCUT2D eigenvalue weighted by Crippen LogP contribution is 2.51. The number of nitrogens with two attached hydrogens (primary N) is 1. The van der Waals surface area contributed by atoms with Crippen molar-refractivity contribution in [2.45, 2.75) is 43.6 Å². The average molecular weight is 270 g/mol. The van der Waals surface area contributed by atoms with Crippen LogP contribution in [0.15, 0.2) is 21.2 Å². The third-order valence-corrected chi connectivity index (χ3v) is 4.10. The minimum Gasteiger partial charge on any atom is -0.454 e. The molecule has 0 bridgehead atoms. The summed E-state index contributed by atoms with van der Waals surface area (Å²) in [6.07, 6.45) is 6.19. The van der Waals surface area contributed by atoms with Crippen molar-refractivity contribution in [2.75, 3.05) is 0 Å². The zero-order valence-corrected chi connectivity index (χ0v) is 10.3. The Bertz CT molecular complexity index is 365. The van der Waals surface area contributed by atoms with Crippen LogP contribution in [-0.2, 0) is 0 Å². The SMILES string of the molecule is NC1(CC(c2ccc(Br)o2)C2CC2)CC1. The van der Waals surface area contributed by atoms with Crippen LogP contribution in [-0.4, -0.2) is 5.54 Å². The van der Waals surface area contributed by atoms with E-state index in [1.165, 1.54) is 25.7 Å². The Morgan fingerprint density at radius 2 is 2.20 bits per heavy atom. The van der Waals surface area contributed by atoms with Gasteiger partial charge in [0.15, 0.2) is 4.67 Å². The third-order valence-electron chi connectivity index (χ3n) is 3.67. The highest BCUT2D eigenvalue weighted by Gasteiger charge is 2.45. The second kappa shape index (κ2) is 3.36. The fraction of sp³-hybridized carbons (Fsp3) is 0.667. The monoisotopic (exact) mass is 269 g/mol. The molecule has 2 aliphatic carbocycles. The van der Waals surface area contributed by atoms with E-state index >= 15 is 0 Å². The average Bonchev–Trinajstić information content (AvgIpc) is 3.08. The summed E-state index contributed by atoms with van der Waals surface area (Å²) >= 11 is 3.37. The van der Waals surface area contributed by atoms with E-state index in [2.05, 4.69) is 22.0 Å². The number of rotatable bonds is 4. The summed E-state index contributed by atoms with van der Waals surface area (Å²) in [5, 5.41) is 0. The highest BCUT2D eigenvalue weighted by molar-refractivity contribution is 9.10. The zero-order chi connectivity index (χ0) is 10.5. The number of hydrogen-bond acceptors (Lipinski definition) is 2. The predicted octanol–water partition coefficient (Wildman–Crippen LogP) is 3.42. The van der Waals surface area contributed by atoms with Gasteiger partial charge in [0.05, 0.1) is 0 Å². The Labute approximate surface area is 98.3 Å². The zero-order valence-electron chi connectivity index (χ0n) is 8.71. The van der Waals surface area contributed by atoms with Crippen molar-refractivity contribution in [3.63, 3.8) is 0 Å². The van der Waals surface area contributed by atoms with E-state index in [4.69, 9.17) is 10.2 Å². The van der Waals surface area contributed by atoms with Crippen molar-refractivity contribution in [2.24, 2.45) is 11.7 Å². The van der Waals surface area contributed by atoms with Gasteiger partial charge in [-0.25, -0.2) is 0 Å². The van der Waals surface area contributed by atoms with E-state index in [9.17, 15) is 0 Å². The van der Waals surface area contributed by atoms with E-state index in [0.29, 0.717) is 5.92 Å². The summed E-state index contributed by atoms with van der Waals surface area (Å²) in [5.74, 6) is 2.51. The maximum Gasteiger partial charge on any atom is 0.169 e. The molecule has 2 aliphatic rings. The van der Waals surface area contributed by atoms with E-state index in [1.807, 2.05) is 6.07 Å². The molecule has 1 atom stereocenters. The van der Waals surface area contributed by atoms with Crippen LogP contribution in [0.5, 0.6) is 0 Å². The summed E-state index contributed by atoms with van der Waals surface area (Å²) in [6, 6.07) is 4.08. The first-order chi connectivity index (χ1) is 7.16. The lowest BCUT2D eigenvalue weighted by molar-refractivity contribution is 0.381. The Morgan fingerprint density at radius 1 is 1.47 bits per heavy atom. The van der Waals surface area contributed by atoms with Gasteiger partial charge < -0.3 is 10.2 Å². The van der Waals surface area contributed by atoms with Crippen LogP contribution in [0, 0.1) is 5.92 Å². The fourth-order valence-corrected chi connectivity index (χ4v) is 2.65. The molecule has 0 saturated heterocycles. The van der Waals surface area contributed by atoms with Gasteiger partial charge in [-0.2, -0.15) is 0 Å². The summed E-state index contributed by atoms with van der Waals surface area (Å²) in [7, 11) is 0. The van der Waals surface area contributed by atoms with Crippen molar-refractivity contribution in [1.82, 2.24) is 0 Å². The normalized spacial score (nSPS) is 25.2. The Kier molecular flexibility index (Phi) is 2.22. The molecule has 1 heterocycles. The Morgan fingerprint density at radius 3 is 2.67 bits per heavy atom. The van der Waals surface area contributed by atoms with E-state index in [1.54, 1.807) is 0 Å². The van der Waals surface area contributed by atoms with Gasteiger partial charge in [-0.3, -0.25) is 0 Å². The Hall–Kier alpha value is -0.280. The van der Waals surface area contributed by atoms with Gasteiger partial charge in [-0.05, 0) is 66.1 Å². The van der Waals surface area contributed by atoms with Gasteiger partial charge in [-0.15, -0.1) is 0 Å². The van der Waals surface area contributed by atoms with Gasteiger partial charge in [0.25, 0.3) is 0 Å². The van der Waals surface area contributed by atoms with E-state index in [0.717, 1.165) is 22.8 Å². The van der Waals surface area contributed by atoms with Crippen molar-refractivity contribution in [3.8, 4) is 0 Å². The molecule has 82 valence electrons. The molecule has 2 nitrogen and oxygen atoms in total. The first-order valence-corrected chi connectivity index (χ1v) is 6.50. The minimum absolute atomic E-state index is 0.131. The molecule has 0 radical (unpaired) electrons. The molecule has 1 unspecified atom stereocenters. The molecule has 0 spiro atoms. The van der Waals surface area contributed by atoms with Crippen LogP contribution < -0.4 is 5.73 Å². The van der Waals surface area contributed by atoms with Gasteiger partial charge >= 0.3 is 0 Å². The summed E-state index contributed by atoms with van der Waals surface area (Å²) in [6.45, 7) is 0. The van der Waals surface area contributed by atoms with Gasteiger partial charge in [-0.1, -0.05) is 0 Å². The summed E-state index contributed by atoms with van der Waals surface area (Å²) < 4.78 is 6.52. The van der Waals surface area contributed by atoms with Crippen molar-refractivity contribution in [1.29, 1.82) is 0 Å². The topological polar surface area (TPSA) is 39.2 Å². The quantitative estimate of drug-likeness (QED) is 0.910. The summed E-state index contributed by atoms with van der Waals surface area (Å²) in [4.78, 5) is 0. The van der Waals surface area contributed by atoms with Crippen molar-refractivity contribution < 1.29 is 4.42 Å². The summed E-state index contributed by atoms with van der Waals surface area (Å²) in [5.41, 5.74) is 6.34. The first-order valence-electron chi connectivity index (χ1n) is 5.70. The van der Waals surface area contributed by atoms with Crippen LogP contribution in [0.25, 0.3) is 0 Å². The van der Waals surface area contributed by atoms with Crippen LogP contribution in [0.1, 0.15) is 43.8 Å².